The van der Waals surface area contributed by atoms with Gasteiger partial charge in [-0.3, -0.25) is 14.9 Å². The summed E-state index contributed by atoms with van der Waals surface area (Å²) in [6.45, 7) is 0. The van der Waals surface area contributed by atoms with Crippen molar-refractivity contribution in [2.75, 3.05) is 0 Å². The van der Waals surface area contributed by atoms with Gasteiger partial charge < -0.3 is 9.72 Å². The highest BCUT2D eigenvalue weighted by molar-refractivity contribution is 9.10. The van der Waals surface area contributed by atoms with Crippen LogP contribution in [0.3, 0.4) is 0 Å². The molecule has 10 heteroatoms. The fraction of sp³-hybridized carbons (Fsp3) is 0. The number of nitro groups is 1. The zero-order valence-corrected chi connectivity index (χ0v) is 11.7. The van der Waals surface area contributed by atoms with Gasteiger partial charge in [-0.25, -0.2) is 9.37 Å². The van der Waals surface area contributed by atoms with Crippen LogP contribution in [0.2, 0.25) is 5.02 Å². The highest BCUT2D eigenvalue weighted by atomic mass is 79.9. The van der Waals surface area contributed by atoms with E-state index in [2.05, 4.69) is 25.9 Å². The summed E-state index contributed by atoms with van der Waals surface area (Å²) in [5, 5.41) is 10.5. The Morgan fingerprint density at radius 2 is 2.20 bits per heavy atom. The standard InChI is InChI=1S/C10H4BrClFN3O4/c11-4-1-6(16(18)19)7(2-5(4)13)20-10-8(12)9(17)14-3-15-10/h1-3H,(H,14,15,17). The fourth-order valence-corrected chi connectivity index (χ4v) is 1.76. The van der Waals surface area contributed by atoms with Crippen molar-refractivity contribution in [2.24, 2.45) is 0 Å². The molecule has 0 bridgehead atoms. The number of nitro benzene ring substituents is 1. The zero-order valence-electron chi connectivity index (χ0n) is 9.39. The van der Waals surface area contributed by atoms with Crippen LogP contribution in [0.25, 0.3) is 0 Å². The minimum atomic E-state index is -0.772. The van der Waals surface area contributed by atoms with E-state index < -0.39 is 32.8 Å². The van der Waals surface area contributed by atoms with Gasteiger partial charge >= 0.3 is 5.69 Å². The number of hydrogen-bond acceptors (Lipinski definition) is 5. The highest BCUT2D eigenvalue weighted by Crippen LogP contribution is 2.35. The van der Waals surface area contributed by atoms with Crippen molar-refractivity contribution in [3.63, 3.8) is 0 Å². The van der Waals surface area contributed by atoms with Gasteiger partial charge in [-0.15, -0.1) is 0 Å². The number of nitrogens with zero attached hydrogens (tertiary/aromatic N) is 2. The van der Waals surface area contributed by atoms with Crippen LogP contribution < -0.4 is 10.3 Å². The van der Waals surface area contributed by atoms with E-state index in [0.29, 0.717) is 0 Å². The largest absolute Gasteiger partial charge is 0.430 e. The number of halogens is 3. The Hall–Kier alpha value is -2.00. The first kappa shape index (κ1) is 14.4. The molecule has 104 valence electrons. The molecule has 0 spiro atoms. The lowest BCUT2D eigenvalue weighted by molar-refractivity contribution is -0.385. The molecule has 0 aliphatic carbocycles. The molecule has 1 heterocycles. The summed E-state index contributed by atoms with van der Waals surface area (Å²) < 4.78 is 18.4. The van der Waals surface area contributed by atoms with Gasteiger partial charge in [-0.05, 0) is 15.9 Å². The SMILES string of the molecule is O=c1[nH]cnc(Oc2cc(F)c(Br)cc2[N+](=O)[O-])c1Cl. The summed E-state index contributed by atoms with van der Waals surface area (Å²) in [5.74, 6) is -1.55. The molecule has 1 aromatic carbocycles. The first-order valence-electron chi connectivity index (χ1n) is 4.94. The Balaban J connectivity index is 2.53. The van der Waals surface area contributed by atoms with E-state index in [9.17, 15) is 19.3 Å². The smallest absolute Gasteiger partial charge is 0.312 e. The Morgan fingerprint density at radius 1 is 1.50 bits per heavy atom. The molecule has 0 atom stereocenters. The molecular formula is C10H4BrClFN3O4. The third-order valence-corrected chi connectivity index (χ3v) is 3.11. The quantitative estimate of drug-likeness (QED) is 0.667. The van der Waals surface area contributed by atoms with Crippen LogP contribution in [0.1, 0.15) is 0 Å². The summed E-state index contributed by atoms with van der Waals surface area (Å²) in [7, 11) is 0. The second-order valence-electron chi connectivity index (χ2n) is 3.44. The third kappa shape index (κ3) is 2.78. The maximum absolute atomic E-state index is 13.4. The molecule has 20 heavy (non-hydrogen) atoms. The summed E-state index contributed by atoms with van der Waals surface area (Å²) in [4.78, 5) is 27.2. The predicted molar refractivity (Wildman–Crippen MR) is 70.7 cm³/mol. The van der Waals surface area contributed by atoms with Crippen molar-refractivity contribution in [1.82, 2.24) is 9.97 Å². The number of aromatic amines is 1. The van der Waals surface area contributed by atoms with Gasteiger partial charge in [0, 0.05) is 12.1 Å². The first-order valence-corrected chi connectivity index (χ1v) is 6.11. The maximum Gasteiger partial charge on any atom is 0.312 e. The van der Waals surface area contributed by atoms with Crippen molar-refractivity contribution < 1.29 is 14.1 Å². The Labute approximate surface area is 123 Å². The molecule has 0 radical (unpaired) electrons. The number of nitrogens with one attached hydrogen (secondary N) is 1. The van der Waals surface area contributed by atoms with Crippen LogP contribution in [0.4, 0.5) is 10.1 Å². The lowest BCUT2D eigenvalue weighted by Crippen LogP contribution is -2.08. The van der Waals surface area contributed by atoms with Crippen LogP contribution in [0.15, 0.2) is 27.7 Å². The average Bonchev–Trinajstić information content (AvgIpc) is 2.38. The van der Waals surface area contributed by atoms with Crippen LogP contribution in [0, 0.1) is 15.9 Å². The molecule has 2 rings (SSSR count). The first-order chi connectivity index (χ1) is 9.40. The number of benzene rings is 1. The molecular weight excluding hydrogens is 360 g/mol. The van der Waals surface area contributed by atoms with Crippen LogP contribution in [0.5, 0.6) is 11.6 Å². The number of ether oxygens (including phenoxy) is 1. The topological polar surface area (TPSA) is 98.1 Å². The van der Waals surface area contributed by atoms with Crippen molar-refractivity contribution >= 4 is 33.2 Å². The zero-order chi connectivity index (χ0) is 14.9. The second-order valence-corrected chi connectivity index (χ2v) is 4.68. The third-order valence-electron chi connectivity index (χ3n) is 2.17. The molecule has 0 unspecified atom stereocenters. The van der Waals surface area contributed by atoms with Crippen molar-refractivity contribution in [2.45, 2.75) is 0 Å². The highest BCUT2D eigenvalue weighted by Gasteiger charge is 2.21. The summed E-state index contributed by atoms with van der Waals surface area (Å²) in [5.41, 5.74) is -1.19. The number of rotatable bonds is 3. The molecule has 0 aliphatic heterocycles. The number of hydrogen-bond donors (Lipinski definition) is 1. The monoisotopic (exact) mass is 363 g/mol. The molecule has 0 fully saturated rings. The minimum Gasteiger partial charge on any atom is -0.430 e. The van der Waals surface area contributed by atoms with Gasteiger partial charge in [-0.2, -0.15) is 0 Å². The maximum atomic E-state index is 13.4. The van der Waals surface area contributed by atoms with E-state index in [0.717, 1.165) is 18.5 Å². The predicted octanol–water partition coefficient (Wildman–Crippen LogP) is 3.03. The second kappa shape index (κ2) is 5.55. The lowest BCUT2D eigenvalue weighted by atomic mass is 10.3. The van der Waals surface area contributed by atoms with E-state index in [1.54, 1.807) is 0 Å². The summed E-state index contributed by atoms with van der Waals surface area (Å²) in [6.07, 6.45) is 1.00. The van der Waals surface area contributed by atoms with Gasteiger partial charge in [0.05, 0.1) is 15.7 Å². The van der Waals surface area contributed by atoms with Gasteiger partial charge in [0.15, 0.2) is 5.02 Å². The molecule has 0 saturated carbocycles. The molecule has 0 saturated heterocycles. The fourth-order valence-electron chi connectivity index (χ4n) is 1.28. The number of H-pyrrole nitrogens is 1. The molecule has 1 N–H and O–H groups in total. The van der Waals surface area contributed by atoms with E-state index >= 15 is 0 Å². The van der Waals surface area contributed by atoms with E-state index in [4.69, 9.17) is 16.3 Å². The van der Waals surface area contributed by atoms with Crippen molar-refractivity contribution in [3.05, 3.63) is 54.2 Å². The number of aromatic nitrogens is 2. The minimum absolute atomic E-state index is 0.0958. The van der Waals surface area contributed by atoms with Crippen LogP contribution in [-0.2, 0) is 0 Å². The van der Waals surface area contributed by atoms with Gasteiger partial charge in [-0.1, -0.05) is 11.6 Å². The lowest BCUT2D eigenvalue weighted by Gasteiger charge is -2.07. The normalized spacial score (nSPS) is 10.3. The van der Waals surface area contributed by atoms with Crippen molar-refractivity contribution in [1.29, 1.82) is 0 Å². The summed E-state index contributed by atoms with van der Waals surface area (Å²) in [6, 6.07) is 1.73. The Morgan fingerprint density at radius 3 is 2.85 bits per heavy atom. The molecule has 1 aromatic heterocycles. The Bertz CT molecular complexity index is 752. The molecule has 0 aliphatic rings. The van der Waals surface area contributed by atoms with Gasteiger partial charge in [0.2, 0.25) is 11.6 Å². The average molecular weight is 365 g/mol. The summed E-state index contributed by atoms with van der Waals surface area (Å²) >= 11 is 8.47. The van der Waals surface area contributed by atoms with Crippen LogP contribution in [-0.4, -0.2) is 14.9 Å². The molecule has 2 aromatic rings. The van der Waals surface area contributed by atoms with Crippen molar-refractivity contribution in [3.8, 4) is 11.6 Å². The molecule has 0 amide bonds. The van der Waals surface area contributed by atoms with E-state index in [1.165, 1.54) is 0 Å². The van der Waals surface area contributed by atoms with Gasteiger partial charge in [0.1, 0.15) is 5.82 Å². The van der Waals surface area contributed by atoms with E-state index in [-0.39, 0.29) is 10.4 Å². The van der Waals surface area contributed by atoms with Gasteiger partial charge in [0.25, 0.3) is 5.56 Å². The van der Waals surface area contributed by atoms with E-state index in [1.807, 2.05) is 0 Å². The molecule has 7 nitrogen and oxygen atoms in total. The van der Waals surface area contributed by atoms with Crippen LogP contribution >= 0.6 is 27.5 Å². The Kier molecular flexibility index (Phi) is 4.00.